The zero-order chi connectivity index (χ0) is 15.6. The van der Waals surface area contributed by atoms with Crippen molar-refractivity contribution in [2.75, 3.05) is 17.7 Å². The highest BCUT2D eigenvalue weighted by atomic mass is 16.4. The summed E-state index contributed by atoms with van der Waals surface area (Å²) in [4.78, 5) is 25.2. The van der Waals surface area contributed by atoms with Crippen LogP contribution in [-0.4, -0.2) is 24.0 Å². The summed E-state index contributed by atoms with van der Waals surface area (Å²) in [7, 11) is 1.70. The minimum absolute atomic E-state index is 0.0528. The van der Waals surface area contributed by atoms with Crippen LogP contribution in [0, 0.1) is 5.41 Å². The van der Waals surface area contributed by atoms with Crippen molar-refractivity contribution < 1.29 is 14.7 Å². The molecule has 0 heterocycles. The molecule has 0 radical (unpaired) electrons. The second kappa shape index (κ2) is 5.76. The lowest BCUT2D eigenvalue weighted by atomic mass is 9.74. The standard InChI is InChI=1S/C16H22N2O3/c1-16(8-4-3-5-9-16)15(21)18(2)13-7-6-11(14(19)20)10-12(13)17/h6-7,10H,3-5,8-9,17H2,1-2H3,(H,19,20). The number of anilines is 2. The normalized spacial score (nSPS) is 17.2. The Morgan fingerprint density at radius 3 is 2.38 bits per heavy atom. The molecule has 2 rings (SSSR count). The quantitative estimate of drug-likeness (QED) is 0.838. The van der Waals surface area contributed by atoms with E-state index in [9.17, 15) is 9.59 Å². The van der Waals surface area contributed by atoms with Crippen LogP contribution >= 0.6 is 0 Å². The molecule has 0 bridgehead atoms. The molecule has 0 spiro atoms. The summed E-state index contributed by atoms with van der Waals surface area (Å²) in [5.41, 5.74) is 6.57. The summed E-state index contributed by atoms with van der Waals surface area (Å²) in [5.74, 6) is -0.974. The smallest absolute Gasteiger partial charge is 0.335 e. The van der Waals surface area contributed by atoms with Gasteiger partial charge in [-0.15, -0.1) is 0 Å². The van der Waals surface area contributed by atoms with E-state index in [1.165, 1.54) is 18.6 Å². The maximum atomic E-state index is 12.7. The van der Waals surface area contributed by atoms with Gasteiger partial charge >= 0.3 is 5.97 Å². The van der Waals surface area contributed by atoms with E-state index in [4.69, 9.17) is 10.8 Å². The van der Waals surface area contributed by atoms with E-state index in [0.717, 1.165) is 25.7 Å². The molecule has 0 aliphatic heterocycles. The van der Waals surface area contributed by atoms with Crippen LogP contribution in [0.25, 0.3) is 0 Å². The van der Waals surface area contributed by atoms with Gasteiger partial charge in [-0.3, -0.25) is 4.79 Å². The minimum atomic E-state index is -1.03. The molecule has 0 atom stereocenters. The zero-order valence-corrected chi connectivity index (χ0v) is 12.6. The SMILES string of the molecule is CN(C(=O)C1(C)CCCCC1)c1ccc(C(=O)O)cc1N. The molecule has 1 fully saturated rings. The molecule has 0 unspecified atom stereocenters. The largest absolute Gasteiger partial charge is 0.478 e. The van der Waals surface area contributed by atoms with E-state index in [1.54, 1.807) is 18.0 Å². The van der Waals surface area contributed by atoms with Crippen molar-refractivity contribution in [2.45, 2.75) is 39.0 Å². The second-order valence-corrected chi connectivity index (χ2v) is 6.06. The first-order chi connectivity index (χ1) is 9.85. The molecule has 1 aromatic carbocycles. The minimum Gasteiger partial charge on any atom is -0.478 e. The number of nitrogen functional groups attached to an aromatic ring is 1. The van der Waals surface area contributed by atoms with Crippen LogP contribution in [0.2, 0.25) is 0 Å². The number of carboxylic acids is 1. The van der Waals surface area contributed by atoms with E-state index in [0.29, 0.717) is 11.4 Å². The molecule has 0 saturated heterocycles. The van der Waals surface area contributed by atoms with Gasteiger partial charge in [0.2, 0.25) is 5.91 Å². The van der Waals surface area contributed by atoms with E-state index >= 15 is 0 Å². The van der Waals surface area contributed by atoms with Gasteiger partial charge in [0.05, 0.1) is 16.9 Å². The number of nitrogens with two attached hydrogens (primary N) is 1. The van der Waals surface area contributed by atoms with Crippen LogP contribution in [0.15, 0.2) is 18.2 Å². The molecule has 1 amide bonds. The fourth-order valence-electron chi connectivity index (χ4n) is 3.05. The predicted octanol–water partition coefficient (Wildman–Crippen LogP) is 2.90. The monoisotopic (exact) mass is 290 g/mol. The molecule has 1 saturated carbocycles. The van der Waals surface area contributed by atoms with Gasteiger partial charge in [-0.05, 0) is 31.0 Å². The third kappa shape index (κ3) is 3.01. The zero-order valence-electron chi connectivity index (χ0n) is 12.6. The number of carboxylic acid groups (broad SMARTS) is 1. The number of amides is 1. The summed E-state index contributed by atoms with van der Waals surface area (Å²) in [6.07, 6.45) is 5.11. The van der Waals surface area contributed by atoms with Crippen molar-refractivity contribution >= 4 is 23.3 Å². The number of hydrogen-bond donors (Lipinski definition) is 2. The molecule has 114 valence electrons. The van der Waals surface area contributed by atoms with E-state index < -0.39 is 5.97 Å². The van der Waals surface area contributed by atoms with Crippen LogP contribution < -0.4 is 10.6 Å². The molecule has 21 heavy (non-hydrogen) atoms. The van der Waals surface area contributed by atoms with Gasteiger partial charge in [0.1, 0.15) is 0 Å². The van der Waals surface area contributed by atoms with Crippen molar-refractivity contribution in [2.24, 2.45) is 5.41 Å². The fraction of sp³-hybridized carbons (Fsp3) is 0.500. The number of hydrogen-bond acceptors (Lipinski definition) is 3. The van der Waals surface area contributed by atoms with Crippen molar-refractivity contribution in [3.63, 3.8) is 0 Å². The molecule has 0 aromatic heterocycles. The van der Waals surface area contributed by atoms with Gasteiger partial charge in [0.15, 0.2) is 0 Å². The van der Waals surface area contributed by atoms with Crippen molar-refractivity contribution in [3.05, 3.63) is 23.8 Å². The van der Waals surface area contributed by atoms with Crippen LogP contribution in [0.4, 0.5) is 11.4 Å². The Balaban J connectivity index is 2.25. The van der Waals surface area contributed by atoms with Crippen molar-refractivity contribution in [1.29, 1.82) is 0 Å². The number of benzene rings is 1. The molecule has 3 N–H and O–H groups in total. The molecule has 5 heteroatoms. The Hall–Kier alpha value is -2.04. The van der Waals surface area contributed by atoms with E-state index in [1.807, 2.05) is 6.92 Å². The number of nitrogens with zero attached hydrogens (tertiary/aromatic N) is 1. The number of carbonyl (C=O) groups excluding carboxylic acids is 1. The van der Waals surface area contributed by atoms with Crippen molar-refractivity contribution in [3.8, 4) is 0 Å². The lowest BCUT2D eigenvalue weighted by Gasteiger charge is -2.36. The van der Waals surface area contributed by atoms with Crippen LogP contribution in [-0.2, 0) is 4.79 Å². The lowest BCUT2D eigenvalue weighted by molar-refractivity contribution is -0.128. The third-order valence-electron chi connectivity index (χ3n) is 4.41. The van der Waals surface area contributed by atoms with Crippen molar-refractivity contribution in [1.82, 2.24) is 0 Å². The Morgan fingerprint density at radius 1 is 1.24 bits per heavy atom. The molecule has 5 nitrogen and oxygen atoms in total. The Morgan fingerprint density at radius 2 is 1.86 bits per heavy atom. The average molecular weight is 290 g/mol. The number of carbonyl (C=O) groups is 2. The predicted molar refractivity (Wildman–Crippen MR) is 82.4 cm³/mol. The number of aromatic carboxylic acids is 1. The molecule has 1 aliphatic carbocycles. The number of rotatable bonds is 3. The molecular weight excluding hydrogens is 268 g/mol. The maximum absolute atomic E-state index is 12.7. The molecule has 1 aliphatic rings. The van der Waals surface area contributed by atoms with Crippen LogP contribution in [0.1, 0.15) is 49.4 Å². The topological polar surface area (TPSA) is 83.6 Å². The first kappa shape index (κ1) is 15.4. The summed E-state index contributed by atoms with van der Waals surface area (Å²) in [6, 6.07) is 4.47. The average Bonchev–Trinajstić information content (AvgIpc) is 2.46. The second-order valence-electron chi connectivity index (χ2n) is 6.06. The Labute approximate surface area is 124 Å². The fourth-order valence-corrected chi connectivity index (χ4v) is 3.05. The lowest BCUT2D eigenvalue weighted by Crippen LogP contribution is -2.41. The van der Waals surface area contributed by atoms with Crippen LogP contribution in [0.5, 0.6) is 0 Å². The first-order valence-electron chi connectivity index (χ1n) is 7.26. The van der Waals surface area contributed by atoms with Gasteiger partial charge in [0, 0.05) is 12.5 Å². The van der Waals surface area contributed by atoms with Gasteiger partial charge in [-0.25, -0.2) is 4.79 Å². The summed E-state index contributed by atoms with van der Waals surface area (Å²) < 4.78 is 0. The highest BCUT2D eigenvalue weighted by Crippen LogP contribution is 2.38. The van der Waals surface area contributed by atoms with Crippen LogP contribution in [0.3, 0.4) is 0 Å². The van der Waals surface area contributed by atoms with E-state index in [2.05, 4.69) is 0 Å². The third-order valence-corrected chi connectivity index (χ3v) is 4.41. The molecule has 1 aromatic rings. The Kier molecular flexibility index (Phi) is 4.21. The Bertz CT molecular complexity index is 563. The molecular formula is C16H22N2O3. The summed E-state index contributed by atoms with van der Waals surface area (Å²) in [5, 5.41) is 8.96. The van der Waals surface area contributed by atoms with E-state index in [-0.39, 0.29) is 16.9 Å². The summed E-state index contributed by atoms with van der Waals surface area (Å²) in [6.45, 7) is 2.01. The maximum Gasteiger partial charge on any atom is 0.335 e. The highest BCUT2D eigenvalue weighted by molar-refractivity contribution is 6.00. The van der Waals surface area contributed by atoms with Gasteiger partial charge < -0.3 is 15.7 Å². The highest BCUT2D eigenvalue weighted by Gasteiger charge is 2.37. The van der Waals surface area contributed by atoms with Gasteiger partial charge in [-0.2, -0.15) is 0 Å². The van der Waals surface area contributed by atoms with Gasteiger partial charge in [-0.1, -0.05) is 26.2 Å². The summed E-state index contributed by atoms with van der Waals surface area (Å²) >= 11 is 0. The first-order valence-corrected chi connectivity index (χ1v) is 7.26. The van der Waals surface area contributed by atoms with Gasteiger partial charge in [0.25, 0.3) is 0 Å².